The largest absolute Gasteiger partial charge is 0.444 e. The normalized spacial score (nSPS) is 41.6. The van der Waals surface area contributed by atoms with Gasteiger partial charge in [0.1, 0.15) is 12.4 Å². The first-order valence-corrected chi connectivity index (χ1v) is 13.2. The molecule has 4 saturated carbocycles. The van der Waals surface area contributed by atoms with E-state index in [-0.39, 0.29) is 11.5 Å². The highest BCUT2D eigenvalue weighted by atomic mass is 16.6. The molecule has 0 saturated heterocycles. The van der Waals surface area contributed by atoms with Crippen LogP contribution >= 0.6 is 0 Å². The molecule has 5 rings (SSSR count). The van der Waals surface area contributed by atoms with E-state index in [4.69, 9.17) is 9.25 Å². The van der Waals surface area contributed by atoms with Gasteiger partial charge in [0.15, 0.2) is 5.89 Å². The van der Waals surface area contributed by atoms with E-state index in [2.05, 4.69) is 28.9 Å². The van der Waals surface area contributed by atoms with Gasteiger partial charge in [-0.3, -0.25) is 0 Å². The van der Waals surface area contributed by atoms with Gasteiger partial charge >= 0.3 is 0 Å². The summed E-state index contributed by atoms with van der Waals surface area (Å²) in [6, 6.07) is 0. The Morgan fingerprint density at radius 3 is 2.76 bits per heavy atom. The van der Waals surface area contributed by atoms with Gasteiger partial charge < -0.3 is 19.3 Å². The summed E-state index contributed by atoms with van der Waals surface area (Å²) in [7, 11) is 4.04. The lowest BCUT2D eigenvalue weighted by Gasteiger charge is -2.60. The van der Waals surface area contributed by atoms with Crippen LogP contribution in [0.3, 0.4) is 0 Å². The van der Waals surface area contributed by atoms with Gasteiger partial charge in [-0.15, -0.1) is 0 Å². The lowest BCUT2D eigenvalue weighted by molar-refractivity contribution is -0.112. The number of fused-ring (bicyclic) bond motifs is 5. The van der Waals surface area contributed by atoms with E-state index in [1.165, 1.54) is 44.2 Å². The van der Waals surface area contributed by atoms with Gasteiger partial charge in [0.05, 0.1) is 31.0 Å². The molecule has 1 N–H and O–H groups in total. The molecule has 0 amide bonds. The van der Waals surface area contributed by atoms with E-state index in [1.807, 2.05) is 14.1 Å². The Morgan fingerprint density at radius 1 is 1.12 bits per heavy atom. The Hall–Kier alpha value is -1.40. The van der Waals surface area contributed by atoms with Crippen LogP contribution in [0.5, 0.6) is 0 Å². The summed E-state index contributed by atoms with van der Waals surface area (Å²) in [5, 5.41) is 15.2. The average molecular weight is 458 g/mol. The summed E-state index contributed by atoms with van der Waals surface area (Å²) in [4.78, 5) is 12.1. The van der Waals surface area contributed by atoms with Crippen LogP contribution in [-0.2, 0) is 17.8 Å². The summed E-state index contributed by atoms with van der Waals surface area (Å²) in [5.41, 5.74) is 1.85. The number of hydrogen-bond donors (Lipinski definition) is 1. The molecular weight excluding hydrogens is 414 g/mol. The van der Waals surface area contributed by atoms with E-state index in [0.29, 0.717) is 18.4 Å². The molecule has 0 aromatic carbocycles. The maximum atomic E-state index is 10.7. The van der Waals surface area contributed by atoms with Crippen LogP contribution in [0.15, 0.2) is 15.8 Å². The van der Waals surface area contributed by atoms with Crippen molar-refractivity contribution in [3.8, 4) is 0 Å². The predicted octanol–water partition coefficient (Wildman–Crippen LogP) is 5.05. The van der Waals surface area contributed by atoms with Crippen molar-refractivity contribution in [3.63, 3.8) is 0 Å². The monoisotopic (exact) mass is 457 g/mol. The molecule has 4 aliphatic carbocycles. The minimum atomic E-state index is -0.0767. The van der Waals surface area contributed by atoms with Crippen LogP contribution in [0.1, 0.15) is 83.3 Å². The molecule has 1 heterocycles. The standard InChI is InChI=1S/C27H43N3O3/c1-26-12-9-19(29-32-14-11-25-28-16-20(33-25)17-30(3)4)15-18(26)5-6-21-22-7-8-24(31)27(22,2)13-10-23(21)26/h16,18,21-24,31H,5-15,17H2,1-4H3/b29-19-/t18?,21?,22?,23?,24-,26-,27-/m0/s1. The molecule has 4 unspecified atom stereocenters. The quantitative estimate of drug-likeness (QED) is 0.478. The minimum absolute atomic E-state index is 0.0767. The van der Waals surface area contributed by atoms with Crippen LogP contribution in [0, 0.1) is 34.5 Å². The summed E-state index contributed by atoms with van der Waals surface area (Å²) in [5.74, 6) is 4.71. The Labute approximate surface area is 199 Å². The molecule has 0 bridgehead atoms. The molecule has 1 aromatic rings. The summed E-state index contributed by atoms with van der Waals surface area (Å²) in [6.45, 7) is 6.23. The fraction of sp³-hybridized carbons (Fsp3) is 0.852. The van der Waals surface area contributed by atoms with Crippen molar-refractivity contribution in [1.82, 2.24) is 9.88 Å². The Bertz CT molecular complexity index is 867. The van der Waals surface area contributed by atoms with Crippen LogP contribution < -0.4 is 0 Å². The molecule has 1 aromatic heterocycles. The lowest BCUT2D eigenvalue weighted by atomic mass is 9.45. The maximum absolute atomic E-state index is 10.7. The molecule has 6 nitrogen and oxygen atoms in total. The molecule has 6 heteroatoms. The number of oxime groups is 1. The number of rotatable bonds is 6. The van der Waals surface area contributed by atoms with E-state index >= 15 is 0 Å². The molecule has 184 valence electrons. The molecule has 0 spiro atoms. The SMILES string of the molecule is CN(C)Cc1cnc(CCO/N=C2/CC[C@@]3(C)C(CCC4C3CC[C@@]3(C)C4CC[C@@H]3O)C2)o1. The van der Waals surface area contributed by atoms with Crippen molar-refractivity contribution in [2.75, 3.05) is 20.7 Å². The number of aliphatic hydroxyl groups is 1. The number of hydrogen-bond acceptors (Lipinski definition) is 6. The first kappa shape index (κ1) is 23.3. The maximum Gasteiger partial charge on any atom is 0.197 e. The van der Waals surface area contributed by atoms with Crippen LogP contribution in [0.4, 0.5) is 0 Å². The Morgan fingerprint density at radius 2 is 1.94 bits per heavy atom. The van der Waals surface area contributed by atoms with E-state index in [9.17, 15) is 5.11 Å². The highest BCUT2D eigenvalue weighted by Crippen LogP contribution is 2.65. The lowest BCUT2D eigenvalue weighted by Crippen LogP contribution is -2.54. The number of nitrogens with zero attached hydrogens (tertiary/aromatic N) is 3. The second-order valence-electron chi connectivity index (χ2n) is 12.2. The molecule has 7 atom stereocenters. The third-order valence-corrected chi connectivity index (χ3v) is 10.1. The first-order valence-electron chi connectivity index (χ1n) is 13.2. The summed E-state index contributed by atoms with van der Waals surface area (Å²) >= 11 is 0. The van der Waals surface area contributed by atoms with Crippen LogP contribution in [-0.4, -0.2) is 47.5 Å². The van der Waals surface area contributed by atoms with E-state index in [0.717, 1.165) is 61.1 Å². The first-order chi connectivity index (χ1) is 15.8. The fourth-order valence-corrected chi connectivity index (χ4v) is 8.23. The van der Waals surface area contributed by atoms with E-state index < -0.39 is 0 Å². The second kappa shape index (κ2) is 8.99. The average Bonchev–Trinajstić information content (AvgIpc) is 3.34. The predicted molar refractivity (Wildman–Crippen MR) is 129 cm³/mol. The molecule has 0 aliphatic heterocycles. The number of oxazole rings is 1. The van der Waals surface area contributed by atoms with Gasteiger partial charge in [-0.25, -0.2) is 4.98 Å². The van der Waals surface area contributed by atoms with Gasteiger partial charge in [-0.05, 0) is 106 Å². The Balaban J connectivity index is 1.15. The van der Waals surface area contributed by atoms with Crippen molar-refractivity contribution in [2.24, 2.45) is 39.7 Å². The number of aromatic nitrogens is 1. The van der Waals surface area contributed by atoms with Crippen molar-refractivity contribution < 1.29 is 14.4 Å². The van der Waals surface area contributed by atoms with Crippen molar-refractivity contribution in [3.05, 3.63) is 17.8 Å². The van der Waals surface area contributed by atoms with Gasteiger partial charge in [-0.1, -0.05) is 19.0 Å². The van der Waals surface area contributed by atoms with Crippen molar-refractivity contribution >= 4 is 5.71 Å². The Kier molecular flexibility index (Phi) is 6.36. The summed E-state index contributed by atoms with van der Waals surface area (Å²) < 4.78 is 5.77. The molecule has 4 fully saturated rings. The van der Waals surface area contributed by atoms with E-state index in [1.54, 1.807) is 6.20 Å². The smallest absolute Gasteiger partial charge is 0.197 e. The van der Waals surface area contributed by atoms with Crippen molar-refractivity contribution in [2.45, 2.75) is 90.7 Å². The highest BCUT2D eigenvalue weighted by Gasteiger charge is 2.59. The highest BCUT2D eigenvalue weighted by molar-refractivity contribution is 5.85. The van der Waals surface area contributed by atoms with Crippen molar-refractivity contribution in [1.29, 1.82) is 0 Å². The van der Waals surface area contributed by atoms with Crippen LogP contribution in [0.2, 0.25) is 0 Å². The fourth-order valence-electron chi connectivity index (χ4n) is 8.23. The zero-order valence-electron chi connectivity index (χ0n) is 21.1. The summed E-state index contributed by atoms with van der Waals surface area (Å²) in [6.07, 6.45) is 13.2. The third kappa shape index (κ3) is 4.27. The zero-order valence-corrected chi connectivity index (χ0v) is 21.1. The second-order valence-corrected chi connectivity index (χ2v) is 12.2. The van der Waals surface area contributed by atoms with Crippen LogP contribution in [0.25, 0.3) is 0 Å². The number of aliphatic hydroxyl groups excluding tert-OH is 1. The topological polar surface area (TPSA) is 71.1 Å². The third-order valence-electron chi connectivity index (χ3n) is 10.1. The van der Waals surface area contributed by atoms with Gasteiger partial charge in [-0.2, -0.15) is 0 Å². The molecule has 0 radical (unpaired) electrons. The molecule has 33 heavy (non-hydrogen) atoms. The zero-order chi connectivity index (χ0) is 23.2. The minimum Gasteiger partial charge on any atom is -0.444 e. The van der Waals surface area contributed by atoms with Gasteiger partial charge in [0, 0.05) is 0 Å². The van der Waals surface area contributed by atoms with Gasteiger partial charge in [0.25, 0.3) is 0 Å². The van der Waals surface area contributed by atoms with Gasteiger partial charge in [0.2, 0.25) is 0 Å². The molecule has 4 aliphatic rings. The molecular formula is C27H43N3O3.